The Morgan fingerprint density at radius 3 is 1.00 bits per heavy atom. The van der Waals surface area contributed by atoms with Gasteiger partial charge >= 0.3 is 19.8 Å². The quantitative estimate of drug-likeness (QED) is 0.518. The normalized spacial score (nSPS) is 9.52. The Balaban J connectivity index is 0.000000332. The Labute approximate surface area is 131 Å². The zero-order chi connectivity index (χ0) is 17.9. The van der Waals surface area contributed by atoms with Crippen LogP contribution >= 0.6 is 7.82 Å². The van der Waals surface area contributed by atoms with Gasteiger partial charge in [0.15, 0.2) is 0 Å². The van der Waals surface area contributed by atoms with E-state index in [0.717, 1.165) is 0 Å². The van der Waals surface area contributed by atoms with Crippen molar-refractivity contribution in [2.24, 2.45) is 0 Å². The van der Waals surface area contributed by atoms with Crippen LogP contribution in [0.1, 0.15) is 20.7 Å². The van der Waals surface area contributed by atoms with Gasteiger partial charge in [-0.05, 0) is 24.3 Å². The van der Waals surface area contributed by atoms with Crippen LogP contribution in [0.15, 0.2) is 60.7 Å². The fourth-order valence-electron chi connectivity index (χ4n) is 1.16. The first kappa shape index (κ1) is 20.5. The van der Waals surface area contributed by atoms with Gasteiger partial charge in [-0.15, -0.1) is 0 Å². The van der Waals surface area contributed by atoms with Gasteiger partial charge in [-0.25, -0.2) is 14.2 Å². The molecule has 0 radical (unpaired) electrons. The minimum absolute atomic E-state index is 0.331. The molecule has 2 aromatic carbocycles. The standard InChI is InChI=1S/2C7H6O2.H3O4P/c2*8-7(9)6-4-2-1-3-5-6;1-5(2,3)4/h2*1-5H,(H,8,9);(H3,1,2,3,4). The Morgan fingerprint density at radius 1 is 0.652 bits per heavy atom. The third-order valence-electron chi connectivity index (χ3n) is 2.04. The lowest BCUT2D eigenvalue weighted by Gasteiger charge is -1.88. The molecule has 124 valence electrons. The lowest BCUT2D eigenvalue weighted by Crippen LogP contribution is -1.93. The van der Waals surface area contributed by atoms with E-state index in [1.807, 2.05) is 0 Å². The van der Waals surface area contributed by atoms with Gasteiger partial charge in [0, 0.05) is 0 Å². The minimum atomic E-state index is -4.64. The van der Waals surface area contributed by atoms with E-state index in [2.05, 4.69) is 0 Å². The number of hydrogen-bond acceptors (Lipinski definition) is 3. The average Bonchev–Trinajstić information content (AvgIpc) is 2.48. The second-order valence-corrected chi connectivity index (χ2v) is 4.88. The molecule has 5 N–H and O–H groups in total. The van der Waals surface area contributed by atoms with Gasteiger partial charge in [0.25, 0.3) is 0 Å². The number of aromatic carboxylic acids is 2. The molecular weight excluding hydrogens is 327 g/mol. The first-order chi connectivity index (χ1) is 10.6. The maximum absolute atomic E-state index is 10.2. The summed E-state index contributed by atoms with van der Waals surface area (Å²) in [5.74, 6) is -1.76. The fourth-order valence-corrected chi connectivity index (χ4v) is 1.16. The van der Waals surface area contributed by atoms with Crippen molar-refractivity contribution in [3.05, 3.63) is 71.8 Å². The molecule has 2 aromatic rings. The molecule has 9 heteroatoms. The Hall–Kier alpha value is -2.51. The second-order valence-electron chi connectivity index (χ2n) is 3.86. The largest absolute Gasteiger partial charge is 0.478 e. The summed E-state index contributed by atoms with van der Waals surface area (Å²) in [6, 6.07) is 16.6. The summed E-state index contributed by atoms with van der Waals surface area (Å²) in [4.78, 5) is 42.0. The third-order valence-corrected chi connectivity index (χ3v) is 2.04. The van der Waals surface area contributed by atoms with Crippen molar-refractivity contribution in [2.75, 3.05) is 0 Å². The van der Waals surface area contributed by atoms with Crippen LogP contribution in [0.5, 0.6) is 0 Å². The molecule has 0 aromatic heterocycles. The Kier molecular flexibility index (Phi) is 9.14. The summed E-state index contributed by atoms with van der Waals surface area (Å²) in [5, 5.41) is 16.8. The summed E-state index contributed by atoms with van der Waals surface area (Å²) in [6.07, 6.45) is 0. The van der Waals surface area contributed by atoms with Crippen LogP contribution in [0.2, 0.25) is 0 Å². The molecule has 8 nitrogen and oxygen atoms in total. The van der Waals surface area contributed by atoms with Gasteiger partial charge in [0.2, 0.25) is 0 Å². The third kappa shape index (κ3) is 12.9. The van der Waals surface area contributed by atoms with Gasteiger partial charge in [0.05, 0.1) is 11.1 Å². The van der Waals surface area contributed by atoms with Crippen LogP contribution in [0.3, 0.4) is 0 Å². The van der Waals surface area contributed by atoms with E-state index in [-0.39, 0.29) is 0 Å². The lowest BCUT2D eigenvalue weighted by molar-refractivity contribution is 0.0686. The number of phosphoric acid groups is 1. The predicted molar refractivity (Wildman–Crippen MR) is 81.1 cm³/mol. The van der Waals surface area contributed by atoms with Crippen LogP contribution in [0.4, 0.5) is 0 Å². The highest BCUT2D eigenvalue weighted by Crippen LogP contribution is 2.25. The monoisotopic (exact) mass is 342 g/mol. The SMILES string of the molecule is O=C(O)c1ccccc1.O=C(O)c1ccccc1.O=P(O)(O)O. The molecule has 0 heterocycles. The molecule has 0 aliphatic heterocycles. The van der Waals surface area contributed by atoms with E-state index in [1.54, 1.807) is 60.7 Å². The van der Waals surface area contributed by atoms with Crippen LogP contribution in [0.25, 0.3) is 0 Å². The fraction of sp³-hybridized carbons (Fsp3) is 0. The van der Waals surface area contributed by atoms with Crippen molar-refractivity contribution < 1.29 is 39.0 Å². The summed E-state index contributed by atoms with van der Waals surface area (Å²) in [7, 11) is -4.64. The highest BCUT2D eigenvalue weighted by atomic mass is 31.2. The maximum atomic E-state index is 10.2. The number of carboxylic acids is 2. The van der Waals surface area contributed by atoms with E-state index in [9.17, 15) is 9.59 Å². The molecular formula is C14H15O8P. The number of hydrogen-bond donors (Lipinski definition) is 5. The zero-order valence-electron chi connectivity index (χ0n) is 11.7. The molecule has 23 heavy (non-hydrogen) atoms. The maximum Gasteiger partial charge on any atom is 0.466 e. The summed E-state index contributed by atoms with van der Waals surface area (Å²) in [6.45, 7) is 0. The predicted octanol–water partition coefficient (Wildman–Crippen LogP) is 1.84. The molecule has 0 saturated heterocycles. The summed E-state index contributed by atoms with van der Waals surface area (Å²) in [5.41, 5.74) is 0.662. The van der Waals surface area contributed by atoms with E-state index < -0.39 is 19.8 Å². The van der Waals surface area contributed by atoms with Crippen LogP contribution < -0.4 is 0 Å². The summed E-state index contributed by atoms with van der Waals surface area (Å²) < 4.78 is 8.88. The highest BCUT2D eigenvalue weighted by Gasteiger charge is 2.00. The molecule has 0 spiro atoms. The van der Waals surface area contributed by atoms with Crippen LogP contribution in [-0.4, -0.2) is 36.8 Å². The van der Waals surface area contributed by atoms with Crippen molar-refractivity contribution >= 4 is 19.8 Å². The van der Waals surface area contributed by atoms with Crippen molar-refractivity contribution in [3.8, 4) is 0 Å². The molecule has 0 unspecified atom stereocenters. The van der Waals surface area contributed by atoms with Gasteiger partial charge in [0.1, 0.15) is 0 Å². The molecule has 2 rings (SSSR count). The van der Waals surface area contributed by atoms with E-state index in [1.165, 1.54) is 0 Å². The number of rotatable bonds is 2. The topological polar surface area (TPSA) is 152 Å². The van der Waals surface area contributed by atoms with Crippen molar-refractivity contribution in [1.82, 2.24) is 0 Å². The molecule has 0 fully saturated rings. The minimum Gasteiger partial charge on any atom is -0.478 e. The summed E-state index contributed by atoms with van der Waals surface area (Å²) >= 11 is 0. The Morgan fingerprint density at radius 2 is 0.870 bits per heavy atom. The second kappa shape index (κ2) is 10.3. The van der Waals surface area contributed by atoms with E-state index >= 15 is 0 Å². The number of carbonyl (C=O) groups is 2. The van der Waals surface area contributed by atoms with Crippen molar-refractivity contribution in [2.45, 2.75) is 0 Å². The smallest absolute Gasteiger partial charge is 0.466 e. The first-order valence-electron chi connectivity index (χ1n) is 5.96. The molecule has 0 bridgehead atoms. The Bertz CT molecular complexity index is 593. The van der Waals surface area contributed by atoms with E-state index in [4.69, 9.17) is 29.5 Å². The molecule has 0 aliphatic rings. The average molecular weight is 342 g/mol. The van der Waals surface area contributed by atoms with Gasteiger partial charge in [-0.1, -0.05) is 36.4 Å². The molecule has 0 saturated carbocycles. The van der Waals surface area contributed by atoms with Gasteiger partial charge in [-0.2, -0.15) is 0 Å². The van der Waals surface area contributed by atoms with Gasteiger partial charge in [-0.3, -0.25) is 0 Å². The van der Waals surface area contributed by atoms with E-state index in [0.29, 0.717) is 11.1 Å². The van der Waals surface area contributed by atoms with Crippen molar-refractivity contribution in [3.63, 3.8) is 0 Å². The van der Waals surface area contributed by atoms with Crippen LogP contribution in [0, 0.1) is 0 Å². The first-order valence-corrected chi connectivity index (χ1v) is 7.52. The highest BCUT2D eigenvalue weighted by molar-refractivity contribution is 7.45. The molecule has 0 amide bonds. The number of benzene rings is 2. The molecule has 0 aliphatic carbocycles. The van der Waals surface area contributed by atoms with Gasteiger partial charge < -0.3 is 24.9 Å². The zero-order valence-corrected chi connectivity index (χ0v) is 12.6. The molecule has 0 atom stereocenters. The lowest BCUT2D eigenvalue weighted by atomic mass is 10.2. The number of carboxylic acid groups (broad SMARTS) is 2. The van der Waals surface area contributed by atoms with Crippen molar-refractivity contribution in [1.29, 1.82) is 0 Å². The van der Waals surface area contributed by atoms with Crippen LogP contribution in [-0.2, 0) is 4.57 Å².